The maximum absolute atomic E-state index is 11.9. The van der Waals surface area contributed by atoms with Crippen LogP contribution >= 0.6 is 0 Å². The highest BCUT2D eigenvalue weighted by Crippen LogP contribution is 2.12. The molecule has 2 N–H and O–H groups in total. The molecule has 1 amide bonds. The molecule has 25 heavy (non-hydrogen) atoms. The molecule has 0 unspecified atom stereocenters. The smallest absolute Gasteiger partial charge is 0.273 e. The number of imidazole rings is 1. The van der Waals surface area contributed by atoms with Gasteiger partial charge in [-0.05, 0) is 13.8 Å². The average molecular weight is 341 g/mol. The Balaban J connectivity index is 1.57. The van der Waals surface area contributed by atoms with Crippen molar-refractivity contribution in [3.8, 4) is 5.82 Å². The van der Waals surface area contributed by atoms with Gasteiger partial charge >= 0.3 is 0 Å². The number of carbonyl (C=O) groups excluding carboxylic acids is 1. The lowest BCUT2D eigenvalue weighted by Gasteiger charge is -2.10. The first-order chi connectivity index (χ1) is 12.0. The fourth-order valence-electron chi connectivity index (χ4n) is 2.29. The van der Waals surface area contributed by atoms with E-state index in [1.165, 1.54) is 4.68 Å². The van der Waals surface area contributed by atoms with Gasteiger partial charge in [-0.3, -0.25) is 14.0 Å². The highest BCUT2D eigenvalue weighted by atomic mass is 16.2. The Morgan fingerprint density at radius 3 is 2.76 bits per heavy atom. The van der Waals surface area contributed by atoms with Gasteiger partial charge in [0.25, 0.3) is 5.91 Å². The third-order valence-electron chi connectivity index (χ3n) is 3.45. The van der Waals surface area contributed by atoms with Gasteiger partial charge in [-0.1, -0.05) is 5.21 Å². The van der Waals surface area contributed by atoms with Crippen molar-refractivity contribution in [2.45, 2.75) is 13.8 Å². The number of aryl methyl sites for hydroxylation is 3. The summed E-state index contributed by atoms with van der Waals surface area (Å²) in [4.78, 5) is 24.9. The minimum absolute atomic E-state index is 0.261. The normalized spacial score (nSPS) is 10.7. The fourth-order valence-corrected chi connectivity index (χ4v) is 2.29. The monoisotopic (exact) mass is 341 g/mol. The zero-order valence-corrected chi connectivity index (χ0v) is 14.3. The molecule has 3 rings (SSSR count). The van der Waals surface area contributed by atoms with Crippen molar-refractivity contribution in [1.82, 2.24) is 39.8 Å². The van der Waals surface area contributed by atoms with E-state index >= 15 is 0 Å². The molecule has 0 fully saturated rings. The van der Waals surface area contributed by atoms with E-state index in [4.69, 9.17) is 0 Å². The number of amides is 1. The second kappa shape index (κ2) is 7.07. The number of hydrogen-bond acceptors (Lipinski definition) is 7. The second-order valence-corrected chi connectivity index (χ2v) is 5.46. The van der Waals surface area contributed by atoms with Gasteiger partial charge in [0.2, 0.25) is 0 Å². The van der Waals surface area contributed by atoms with Crippen LogP contribution in [0, 0.1) is 13.8 Å². The molecular formula is C15H19N9O. The summed E-state index contributed by atoms with van der Waals surface area (Å²) in [5, 5.41) is 13.4. The highest BCUT2D eigenvalue weighted by Gasteiger charge is 2.09. The topological polar surface area (TPSA) is 115 Å². The Morgan fingerprint density at radius 2 is 2.08 bits per heavy atom. The number of carbonyl (C=O) groups is 1. The molecule has 0 spiro atoms. The van der Waals surface area contributed by atoms with Crippen LogP contribution in [-0.2, 0) is 7.05 Å². The van der Waals surface area contributed by atoms with Crippen LogP contribution in [0.2, 0.25) is 0 Å². The van der Waals surface area contributed by atoms with Gasteiger partial charge in [-0.15, -0.1) is 5.10 Å². The predicted octanol–water partition coefficient (Wildman–Crippen LogP) is 0.250. The van der Waals surface area contributed by atoms with Gasteiger partial charge < -0.3 is 10.6 Å². The largest absolute Gasteiger partial charge is 0.368 e. The van der Waals surface area contributed by atoms with Crippen LogP contribution in [0.3, 0.4) is 0 Å². The molecule has 0 saturated carbocycles. The zero-order chi connectivity index (χ0) is 17.8. The van der Waals surface area contributed by atoms with Crippen molar-refractivity contribution in [1.29, 1.82) is 0 Å². The number of nitrogens with one attached hydrogen (secondary N) is 2. The van der Waals surface area contributed by atoms with Crippen LogP contribution in [0.1, 0.15) is 22.1 Å². The average Bonchev–Trinajstić information content (AvgIpc) is 3.19. The van der Waals surface area contributed by atoms with Crippen molar-refractivity contribution in [2.75, 3.05) is 18.4 Å². The van der Waals surface area contributed by atoms with E-state index < -0.39 is 0 Å². The molecule has 3 aromatic rings. The van der Waals surface area contributed by atoms with Crippen molar-refractivity contribution >= 4 is 11.7 Å². The SMILES string of the molecule is Cc1nc(NCCNC(=O)c2cn(C)nn2)cc(-n2ccnc2C)n1. The quantitative estimate of drug-likeness (QED) is 0.617. The van der Waals surface area contributed by atoms with E-state index in [1.807, 2.05) is 30.7 Å². The van der Waals surface area contributed by atoms with Crippen LogP contribution < -0.4 is 10.6 Å². The van der Waals surface area contributed by atoms with E-state index in [2.05, 4.69) is 35.9 Å². The molecule has 0 radical (unpaired) electrons. The fraction of sp³-hybridized carbons (Fsp3) is 0.333. The summed E-state index contributed by atoms with van der Waals surface area (Å²) in [5.74, 6) is 2.67. The molecule has 130 valence electrons. The Morgan fingerprint density at radius 1 is 1.24 bits per heavy atom. The number of rotatable bonds is 6. The van der Waals surface area contributed by atoms with Crippen LogP contribution in [-0.4, -0.2) is 53.5 Å². The van der Waals surface area contributed by atoms with E-state index in [-0.39, 0.29) is 5.91 Å². The van der Waals surface area contributed by atoms with Gasteiger partial charge in [-0.25, -0.2) is 15.0 Å². The summed E-state index contributed by atoms with van der Waals surface area (Å²) < 4.78 is 3.37. The molecular weight excluding hydrogens is 322 g/mol. The number of anilines is 1. The van der Waals surface area contributed by atoms with Crippen LogP contribution in [0.15, 0.2) is 24.7 Å². The Hall–Kier alpha value is -3.30. The molecule has 0 aliphatic rings. The summed E-state index contributed by atoms with van der Waals surface area (Å²) in [6, 6.07) is 1.84. The summed E-state index contributed by atoms with van der Waals surface area (Å²) in [5.41, 5.74) is 0.290. The van der Waals surface area contributed by atoms with Crippen molar-refractivity contribution < 1.29 is 4.79 Å². The van der Waals surface area contributed by atoms with Gasteiger partial charge in [0, 0.05) is 38.6 Å². The Kier molecular flexibility index (Phi) is 4.68. The van der Waals surface area contributed by atoms with Gasteiger partial charge in [-0.2, -0.15) is 0 Å². The lowest BCUT2D eigenvalue weighted by atomic mass is 10.4. The minimum atomic E-state index is -0.261. The lowest BCUT2D eigenvalue weighted by molar-refractivity contribution is 0.0950. The third-order valence-corrected chi connectivity index (χ3v) is 3.45. The van der Waals surface area contributed by atoms with Gasteiger partial charge in [0.15, 0.2) is 5.69 Å². The van der Waals surface area contributed by atoms with Gasteiger partial charge in [0.1, 0.15) is 23.3 Å². The van der Waals surface area contributed by atoms with E-state index in [9.17, 15) is 4.79 Å². The van der Waals surface area contributed by atoms with E-state index in [0.717, 1.165) is 11.6 Å². The first-order valence-corrected chi connectivity index (χ1v) is 7.77. The van der Waals surface area contributed by atoms with Crippen LogP contribution in [0.25, 0.3) is 5.82 Å². The summed E-state index contributed by atoms with van der Waals surface area (Å²) in [7, 11) is 1.71. The summed E-state index contributed by atoms with van der Waals surface area (Å²) in [6.45, 7) is 4.69. The molecule has 0 aliphatic heterocycles. The Labute approximate surface area is 144 Å². The van der Waals surface area contributed by atoms with Crippen molar-refractivity contribution in [3.05, 3.63) is 42.0 Å². The van der Waals surface area contributed by atoms with Crippen LogP contribution in [0.4, 0.5) is 5.82 Å². The van der Waals surface area contributed by atoms with E-state index in [0.29, 0.717) is 30.4 Å². The molecule has 10 nitrogen and oxygen atoms in total. The molecule has 0 atom stereocenters. The lowest BCUT2D eigenvalue weighted by Crippen LogP contribution is -2.29. The molecule has 0 bridgehead atoms. The number of aromatic nitrogens is 7. The standard InChI is InChI=1S/C15H19N9O/c1-10-19-13(8-14(20-10)24-7-6-16-11(24)2)17-4-5-18-15(25)12-9-23(3)22-21-12/h6-9H,4-5H2,1-3H3,(H,18,25)(H,17,19,20). The number of nitrogens with zero attached hydrogens (tertiary/aromatic N) is 7. The first kappa shape index (κ1) is 16.6. The second-order valence-electron chi connectivity index (χ2n) is 5.46. The highest BCUT2D eigenvalue weighted by molar-refractivity contribution is 5.91. The molecule has 3 heterocycles. The van der Waals surface area contributed by atoms with Crippen molar-refractivity contribution in [3.63, 3.8) is 0 Å². The summed E-state index contributed by atoms with van der Waals surface area (Å²) in [6.07, 6.45) is 5.14. The molecule has 3 aromatic heterocycles. The maximum Gasteiger partial charge on any atom is 0.273 e. The zero-order valence-electron chi connectivity index (χ0n) is 14.3. The molecule has 0 saturated heterocycles. The molecule has 10 heteroatoms. The maximum atomic E-state index is 11.9. The van der Waals surface area contributed by atoms with Gasteiger partial charge in [0.05, 0.1) is 6.20 Å². The third kappa shape index (κ3) is 3.97. The van der Waals surface area contributed by atoms with E-state index in [1.54, 1.807) is 19.4 Å². The number of hydrogen-bond donors (Lipinski definition) is 2. The Bertz CT molecular complexity index is 883. The predicted molar refractivity (Wildman–Crippen MR) is 90.5 cm³/mol. The molecule has 0 aliphatic carbocycles. The minimum Gasteiger partial charge on any atom is -0.368 e. The first-order valence-electron chi connectivity index (χ1n) is 7.77. The molecule has 0 aromatic carbocycles. The van der Waals surface area contributed by atoms with Crippen molar-refractivity contribution in [2.24, 2.45) is 7.05 Å². The van der Waals surface area contributed by atoms with Crippen LogP contribution in [0.5, 0.6) is 0 Å². The summed E-state index contributed by atoms with van der Waals surface area (Å²) >= 11 is 0.